The number of nitrogens with zero attached hydrogens (tertiary/aromatic N) is 1. The summed E-state index contributed by atoms with van der Waals surface area (Å²) in [6.07, 6.45) is 0.394. The van der Waals surface area contributed by atoms with Gasteiger partial charge in [-0.15, -0.1) is 0 Å². The van der Waals surface area contributed by atoms with Crippen molar-refractivity contribution in [3.8, 4) is 0 Å². The first-order valence-electron chi connectivity index (χ1n) is 5.68. The maximum atomic E-state index is 5.59. The molecule has 0 amide bonds. The molecule has 1 fully saturated rings. The molecular formula is C11H24N2O. The maximum Gasteiger partial charge on any atom is 0.0674 e. The van der Waals surface area contributed by atoms with Gasteiger partial charge in [0.15, 0.2) is 0 Å². The molecule has 1 saturated heterocycles. The van der Waals surface area contributed by atoms with Crippen molar-refractivity contribution in [1.82, 2.24) is 10.2 Å². The molecule has 2 atom stereocenters. The molecule has 0 radical (unpaired) electrons. The summed E-state index contributed by atoms with van der Waals surface area (Å²) in [5.74, 6) is 0. The van der Waals surface area contributed by atoms with Gasteiger partial charge < -0.3 is 10.1 Å². The quantitative estimate of drug-likeness (QED) is 0.735. The molecule has 0 aromatic heterocycles. The maximum absolute atomic E-state index is 5.59. The lowest BCUT2D eigenvalue weighted by Gasteiger charge is -2.36. The molecule has 2 unspecified atom stereocenters. The first-order chi connectivity index (χ1) is 6.59. The normalized spacial score (nSPS) is 29.8. The molecular weight excluding hydrogens is 176 g/mol. The minimum atomic E-state index is 0.394. The van der Waals surface area contributed by atoms with Gasteiger partial charge in [-0.05, 0) is 13.8 Å². The molecule has 0 aromatic rings. The highest BCUT2D eigenvalue weighted by atomic mass is 16.5. The Morgan fingerprint density at radius 3 is 2.79 bits per heavy atom. The van der Waals surface area contributed by atoms with Gasteiger partial charge in [-0.3, -0.25) is 4.90 Å². The summed E-state index contributed by atoms with van der Waals surface area (Å²) in [6.45, 7) is 12.9. The number of ether oxygens (including phenoxy) is 1. The van der Waals surface area contributed by atoms with Crippen molar-refractivity contribution in [3.05, 3.63) is 0 Å². The number of rotatable bonds is 4. The van der Waals surface area contributed by atoms with Crippen LogP contribution in [0.3, 0.4) is 0 Å². The molecule has 1 aliphatic rings. The van der Waals surface area contributed by atoms with Gasteiger partial charge in [0.1, 0.15) is 0 Å². The van der Waals surface area contributed by atoms with E-state index in [2.05, 4.69) is 37.9 Å². The largest absolute Gasteiger partial charge is 0.376 e. The summed E-state index contributed by atoms with van der Waals surface area (Å²) >= 11 is 0. The minimum absolute atomic E-state index is 0.394. The summed E-state index contributed by atoms with van der Waals surface area (Å²) in [6, 6.07) is 1.16. The minimum Gasteiger partial charge on any atom is -0.376 e. The average molecular weight is 200 g/mol. The molecule has 1 N–H and O–H groups in total. The molecule has 0 bridgehead atoms. The summed E-state index contributed by atoms with van der Waals surface area (Å²) < 4.78 is 5.59. The van der Waals surface area contributed by atoms with Crippen molar-refractivity contribution in [3.63, 3.8) is 0 Å². The molecule has 0 aromatic carbocycles. The zero-order chi connectivity index (χ0) is 10.6. The zero-order valence-corrected chi connectivity index (χ0v) is 9.92. The third kappa shape index (κ3) is 3.95. The van der Waals surface area contributed by atoms with Crippen LogP contribution in [0.15, 0.2) is 0 Å². The van der Waals surface area contributed by atoms with Crippen LogP contribution < -0.4 is 5.32 Å². The lowest BCUT2D eigenvalue weighted by molar-refractivity contribution is -0.0487. The van der Waals surface area contributed by atoms with Crippen molar-refractivity contribution in [2.45, 2.75) is 45.9 Å². The van der Waals surface area contributed by atoms with E-state index in [1.165, 1.54) is 0 Å². The lowest BCUT2D eigenvalue weighted by Crippen LogP contribution is -2.49. The Balaban J connectivity index is 2.20. The smallest absolute Gasteiger partial charge is 0.0674 e. The second-order valence-corrected chi connectivity index (χ2v) is 4.60. The molecule has 1 aliphatic heterocycles. The van der Waals surface area contributed by atoms with E-state index in [9.17, 15) is 0 Å². The van der Waals surface area contributed by atoms with Gasteiger partial charge in [0.05, 0.1) is 12.7 Å². The lowest BCUT2D eigenvalue weighted by atomic mass is 10.2. The topological polar surface area (TPSA) is 24.5 Å². The first-order valence-corrected chi connectivity index (χ1v) is 5.68. The van der Waals surface area contributed by atoms with Gasteiger partial charge in [-0.1, -0.05) is 13.8 Å². The summed E-state index contributed by atoms with van der Waals surface area (Å²) in [4.78, 5) is 2.50. The number of nitrogens with one attached hydrogen (secondary N) is 1. The van der Waals surface area contributed by atoms with Crippen LogP contribution in [0.4, 0.5) is 0 Å². The molecule has 3 nitrogen and oxygen atoms in total. The van der Waals surface area contributed by atoms with Gasteiger partial charge in [0, 0.05) is 31.7 Å². The van der Waals surface area contributed by atoms with Crippen LogP contribution in [0.5, 0.6) is 0 Å². The van der Waals surface area contributed by atoms with Crippen LogP contribution in [0.1, 0.15) is 27.7 Å². The molecule has 1 rings (SSSR count). The summed E-state index contributed by atoms with van der Waals surface area (Å²) in [5, 5.41) is 3.45. The van der Waals surface area contributed by atoms with Gasteiger partial charge in [0.2, 0.25) is 0 Å². The van der Waals surface area contributed by atoms with Crippen molar-refractivity contribution in [2.75, 3.05) is 26.2 Å². The predicted molar refractivity (Wildman–Crippen MR) is 59.6 cm³/mol. The molecule has 0 aliphatic carbocycles. The molecule has 0 saturated carbocycles. The van der Waals surface area contributed by atoms with Gasteiger partial charge in [0.25, 0.3) is 0 Å². The van der Waals surface area contributed by atoms with Crippen LogP contribution in [0, 0.1) is 0 Å². The molecule has 1 heterocycles. The summed E-state index contributed by atoms with van der Waals surface area (Å²) in [7, 11) is 0. The Labute approximate surface area is 87.8 Å². The Morgan fingerprint density at radius 2 is 2.14 bits per heavy atom. The summed E-state index contributed by atoms with van der Waals surface area (Å²) in [5.41, 5.74) is 0. The Bertz CT molecular complexity index is 161. The van der Waals surface area contributed by atoms with E-state index >= 15 is 0 Å². The second kappa shape index (κ2) is 5.69. The van der Waals surface area contributed by atoms with Crippen molar-refractivity contribution in [1.29, 1.82) is 0 Å². The highest BCUT2D eigenvalue weighted by molar-refractivity contribution is 4.75. The Hall–Kier alpha value is -0.120. The van der Waals surface area contributed by atoms with Gasteiger partial charge in [-0.25, -0.2) is 0 Å². The van der Waals surface area contributed by atoms with E-state index in [0.29, 0.717) is 18.2 Å². The number of morpholine rings is 1. The SMILES string of the molecule is CC(C)NCCN1CC(C)OCC1C. The van der Waals surface area contributed by atoms with E-state index in [4.69, 9.17) is 4.74 Å². The molecule has 14 heavy (non-hydrogen) atoms. The van der Waals surface area contributed by atoms with Crippen molar-refractivity contribution < 1.29 is 4.74 Å². The van der Waals surface area contributed by atoms with Gasteiger partial charge >= 0.3 is 0 Å². The first kappa shape index (κ1) is 12.0. The third-order valence-electron chi connectivity index (χ3n) is 2.69. The van der Waals surface area contributed by atoms with Crippen molar-refractivity contribution in [2.24, 2.45) is 0 Å². The number of hydrogen-bond acceptors (Lipinski definition) is 3. The van der Waals surface area contributed by atoms with Crippen LogP contribution in [-0.2, 0) is 4.74 Å². The van der Waals surface area contributed by atoms with Gasteiger partial charge in [-0.2, -0.15) is 0 Å². The van der Waals surface area contributed by atoms with E-state index in [-0.39, 0.29) is 0 Å². The zero-order valence-electron chi connectivity index (χ0n) is 9.92. The van der Waals surface area contributed by atoms with E-state index < -0.39 is 0 Å². The highest BCUT2D eigenvalue weighted by Gasteiger charge is 2.22. The Kier molecular flexibility index (Phi) is 4.85. The molecule has 3 heteroatoms. The fraction of sp³-hybridized carbons (Fsp3) is 1.00. The fourth-order valence-electron chi connectivity index (χ4n) is 1.78. The molecule has 84 valence electrons. The van der Waals surface area contributed by atoms with Crippen LogP contribution in [0.2, 0.25) is 0 Å². The Morgan fingerprint density at radius 1 is 1.43 bits per heavy atom. The van der Waals surface area contributed by atoms with E-state index in [0.717, 1.165) is 26.2 Å². The highest BCUT2D eigenvalue weighted by Crippen LogP contribution is 2.10. The van der Waals surface area contributed by atoms with Crippen LogP contribution in [-0.4, -0.2) is 49.3 Å². The monoisotopic (exact) mass is 200 g/mol. The predicted octanol–water partition coefficient (Wildman–Crippen LogP) is 1.09. The fourth-order valence-corrected chi connectivity index (χ4v) is 1.78. The second-order valence-electron chi connectivity index (χ2n) is 4.60. The third-order valence-corrected chi connectivity index (χ3v) is 2.69. The number of hydrogen-bond donors (Lipinski definition) is 1. The van der Waals surface area contributed by atoms with Crippen LogP contribution in [0.25, 0.3) is 0 Å². The van der Waals surface area contributed by atoms with E-state index in [1.54, 1.807) is 0 Å². The van der Waals surface area contributed by atoms with Crippen molar-refractivity contribution >= 4 is 0 Å². The van der Waals surface area contributed by atoms with Crippen LogP contribution >= 0.6 is 0 Å². The molecule has 0 spiro atoms. The standard InChI is InChI=1S/C11H24N2O/c1-9(2)12-5-6-13-7-11(4)14-8-10(13)3/h9-12H,5-8H2,1-4H3. The van der Waals surface area contributed by atoms with E-state index in [1.807, 2.05) is 0 Å². The average Bonchev–Trinajstić information content (AvgIpc) is 2.10.